The minimum Gasteiger partial charge on any atom is -0.486 e. The molecule has 4 rings (SSSR count). The number of sulfonamides is 1. The van der Waals surface area contributed by atoms with Gasteiger partial charge >= 0.3 is 0 Å². The van der Waals surface area contributed by atoms with Gasteiger partial charge in [-0.25, -0.2) is 8.42 Å². The Morgan fingerprint density at radius 3 is 2.42 bits per heavy atom. The van der Waals surface area contributed by atoms with Gasteiger partial charge < -0.3 is 14.8 Å². The van der Waals surface area contributed by atoms with Crippen LogP contribution in [0, 0.1) is 0 Å². The summed E-state index contributed by atoms with van der Waals surface area (Å²) in [6.07, 6.45) is 5.26. The Morgan fingerprint density at radius 1 is 0.968 bits per heavy atom. The highest BCUT2D eigenvalue weighted by molar-refractivity contribution is 7.89. The SMILES string of the molecule is O=C(CN(Cc1ccccc1)S(=O)(=O)c1ccc2c(c1)OCCO2)NC1CCCCC1. The summed E-state index contributed by atoms with van der Waals surface area (Å²) in [4.78, 5) is 12.8. The third-order valence-electron chi connectivity index (χ3n) is 5.64. The number of fused-ring (bicyclic) bond motifs is 1. The molecule has 166 valence electrons. The Labute approximate surface area is 183 Å². The van der Waals surface area contributed by atoms with Crippen LogP contribution >= 0.6 is 0 Å². The van der Waals surface area contributed by atoms with Gasteiger partial charge in [0, 0.05) is 18.7 Å². The fraction of sp³-hybridized carbons (Fsp3) is 0.435. The Kier molecular flexibility index (Phi) is 6.77. The molecule has 1 heterocycles. The van der Waals surface area contributed by atoms with E-state index in [0.717, 1.165) is 31.2 Å². The molecule has 0 atom stereocenters. The number of hydrogen-bond donors (Lipinski definition) is 1. The Hall–Kier alpha value is -2.58. The van der Waals surface area contributed by atoms with Crippen molar-refractivity contribution in [2.24, 2.45) is 0 Å². The minimum absolute atomic E-state index is 0.0816. The molecular formula is C23H28N2O5S. The van der Waals surface area contributed by atoms with Crippen LogP contribution in [0.15, 0.2) is 53.4 Å². The fourth-order valence-corrected chi connectivity index (χ4v) is 5.43. The molecule has 0 radical (unpaired) electrons. The van der Waals surface area contributed by atoms with Crippen LogP contribution in [0.3, 0.4) is 0 Å². The molecule has 2 aromatic rings. The van der Waals surface area contributed by atoms with Crippen LogP contribution in [0.5, 0.6) is 11.5 Å². The van der Waals surface area contributed by atoms with E-state index in [0.29, 0.717) is 24.7 Å². The third-order valence-corrected chi connectivity index (χ3v) is 7.43. The summed E-state index contributed by atoms with van der Waals surface area (Å²) < 4.78 is 39.3. The summed E-state index contributed by atoms with van der Waals surface area (Å²) in [5.41, 5.74) is 0.814. The van der Waals surface area contributed by atoms with Crippen molar-refractivity contribution in [2.75, 3.05) is 19.8 Å². The van der Waals surface area contributed by atoms with Gasteiger partial charge in [0.2, 0.25) is 15.9 Å². The maximum absolute atomic E-state index is 13.5. The molecule has 0 aromatic heterocycles. The van der Waals surface area contributed by atoms with Crippen LogP contribution in [-0.2, 0) is 21.4 Å². The molecule has 7 nitrogen and oxygen atoms in total. The third kappa shape index (κ3) is 5.37. The predicted octanol–water partition coefficient (Wildman–Crippen LogP) is 3.10. The maximum atomic E-state index is 13.5. The zero-order valence-corrected chi connectivity index (χ0v) is 18.3. The van der Waals surface area contributed by atoms with Crippen LogP contribution in [0.1, 0.15) is 37.7 Å². The summed E-state index contributed by atoms with van der Waals surface area (Å²) in [6.45, 7) is 0.673. The van der Waals surface area contributed by atoms with Crippen molar-refractivity contribution in [2.45, 2.75) is 49.6 Å². The highest BCUT2D eigenvalue weighted by Crippen LogP contribution is 2.33. The molecule has 0 bridgehead atoms. The van der Waals surface area contributed by atoms with Gasteiger partial charge in [0.05, 0.1) is 11.4 Å². The number of nitrogens with one attached hydrogen (secondary N) is 1. The number of ether oxygens (including phenoxy) is 2. The first-order valence-electron chi connectivity index (χ1n) is 10.8. The van der Waals surface area contributed by atoms with Gasteiger partial charge in [0.15, 0.2) is 11.5 Å². The summed E-state index contributed by atoms with van der Waals surface area (Å²) in [5, 5.41) is 3.02. The van der Waals surface area contributed by atoms with E-state index in [-0.39, 0.29) is 29.9 Å². The highest BCUT2D eigenvalue weighted by atomic mass is 32.2. The minimum atomic E-state index is -3.93. The van der Waals surface area contributed by atoms with E-state index in [2.05, 4.69) is 5.32 Å². The van der Waals surface area contributed by atoms with E-state index >= 15 is 0 Å². The monoisotopic (exact) mass is 444 g/mol. The summed E-state index contributed by atoms with van der Waals surface area (Å²) in [5.74, 6) is 0.650. The van der Waals surface area contributed by atoms with Gasteiger partial charge in [-0.2, -0.15) is 4.31 Å². The van der Waals surface area contributed by atoms with Crippen LogP contribution < -0.4 is 14.8 Å². The lowest BCUT2D eigenvalue weighted by Gasteiger charge is -2.26. The molecule has 1 aliphatic heterocycles. The van der Waals surface area contributed by atoms with Gasteiger partial charge in [-0.15, -0.1) is 0 Å². The van der Waals surface area contributed by atoms with Gasteiger partial charge in [-0.1, -0.05) is 49.6 Å². The average molecular weight is 445 g/mol. The van der Waals surface area contributed by atoms with E-state index in [1.54, 1.807) is 6.07 Å². The van der Waals surface area contributed by atoms with Crippen LogP contribution in [0.2, 0.25) is 0 Å². The van der Waals surface area contributed by atoms with Crippen molar-refractivity contribution < 1.29 is 22.7 Å². The predicted molar refractivity (Wildman–Crippen MR) is 116 cm³/mol. The van der Waals surface area contributed by atoms with Crippen LogP contribution in [-0.4, -0.2) is 44.4 Å². The summed E-state index contributed by atoms with van der Waals surface area (Å²) in [7, 11) is -3.93. The maximum Gasteiger partial charge on any atom is 0.243 e. The van der Waals surface area contributed by atoms with Crippen molar-refractivity contribution in [3.63, 3.8) is 0 Å². The number of benzene rings is 2. The van der Waals surface area contributed by atoms with Crippen molar-refractivity contribution in [1.82, 2.24) is 9.62 Å². The van der Waals surface area contributed by atoms with Gasteiger partial charge in [0.25, 0.3) is 0 Å². The molecule has 1 aliphatic carbocycles. The first-order valence-corrected chi connectivity index (χ1v) is 12.2. The number of carbonyl (C=O) groups excluding carboxylic acids is 1. The Balaban J connectivity index is 1.57. The van der Waals surface area contributed by atoms with Gasteiger partial charge in [-0.05, 0) is 30.5 Å². The van der Waals surface area contributed by atoms with E-state index in [1.807, 2.05) is 30.3 Å². The molecule has 0 spiro atoms. The first-order chi connectivity index (χ1) is 15.0. The van der Waals surface area contributed by atoms with Crippen molar-refractivity contribution in [3.05, 3.63) is 54.1 Å². The second-order valence-electron chi connectivity index (χ2n) is 7.97. The number of rotatable bonds is 7. The highest BCUT2D eigenvalue weighted by Gasteiger charge is 2.29. The molecule has 1 N–H and O–H groups in total. The molecule has 2 aromatic carbocycles. The quantitative estimate of drug-likeness (QED) is 0.709. The van der Waals surface area contributed by atoms with Crippen LogP contribution in [0.25, 0.3) is 0 Å². The van der Waals surface area contributed by atoms with Gasteiger partial charge in [0.1, 0.15) is 13.2 Å². The molecule has 1 amide bonds. The number of hydrogen-bond acceptors (Lipinski definition) is 5. The smallest absolute Gasteiger partial charge is 0.243 e. The summed E-state index contributed by atoms with van der Waals surface area (Å²) >= 11 is 0. The fourth-order valence-electron chi connectivity index (χ4n) is 4.03. The lowest BCUT2D eigenvalue weighted by atomic mass is 9.95. The second kappa shape index (κ2) is 9.70. The zero-order chi connectivity index (χ0) is 21.7. The summed E-state index contributed by atoms with van der Waals surface area (Å²) in [6, 6.07) is 14.0. The molecule has 2 aliphatic rings. The molecule has 1 saturated carbocycles. The number of nitrogens with zero attached hydrogens (tertiary/aromatic N) is 1. The van der Waals surface area contributed by atoms with E-state index < -0.39 is 10.0 Å². The lowest BCUT2D eigenvalue weighted by Crippen LogP contribution is -2.44. The second-order valence-corrected chi connectivity index (χ2v) is 9.90. The largest absolute Gasteiger partial charge is 0.486 e. The van der Waals surface area contributed by atoms with E-state index in [9.17, 15) is 13.2 Å². The Morgan fingerprint density at radius 2 is 1.68 bits per heavy atom. The first kappa shape index (κ1) is 21.6. The average Bonchev–Trinajstić information content (AvgIpc) is 2.79. The van der Waals surface area contributed by atoms with Crippen molar-refractivity contribution in [1.29, 1.82) is 0 Å². The van der Waals surface area contributed by atoms with Crippen molar-refractivity contribution >= 4 is 15.9 Å². The topological polar surface area (TPSA) is 84.9 Å². The van der Waals surface area contributed by atoms with E-state index in [1.165, 1.54) is 22.9 Å². The van der Waals surface area contributed by atoms with Gasteiger partial charge in [-0.3, -0.25) is 4.79 Å². The standard InChI is InChI=1S/C23H28N2O5S/c26-23(24-19-9-5-2-6-10-19)17-25(16-18-7-3-1-4-8-18)31(27,28)20-11-12-21-22(15-20)30-14-13-29-21/h1,3-4,7-8,11-12,15,19H,2,5-6,9-10,13-14,16-17H2,(H,24,26). The van der Waals surface area contributed by atoms with Crippen LogP contribution in [0.4, 0.5) is 0 Å². The lowest BCUT2D eigenvalue weighted by molar-refractivity contribution is -0.122. The molecule has 31 heavy (non-hydrogen) atoms. The van der Waals surface area contributed by atoms with Crippen molar-refractivity contribution in [3.8, 4) is 11.5 Å². The number of carbonyl (C=O) groups is 1. The zero-order valence-electron chi connectivity index (χ0n) is 17.5. The Bertz CT molecular complexity index is 1000. The number of amides is 1. The van der Waals surface area contributed by atoms with E-state index in [4.69, 9.17) is 9.47 Å². The molecular weight excluding hydrogens is 416 g/mol. The molecule has 1 fully saturated rings. The molecule has 8 heteroatoms. The normalized spacial score (nSPS) is 16.8. The molecule has 0 unspecified atom stereocenters. The molecule has 0 saturated heterocycles.